The highest BCUT2D eigenvalue weighted by molar-refractivity contribution is 5.53. The fourth-order valence-corrected chi connectivity index (χ4v) is 2.81. The summed E-state index contributed by atoms with van der Waals surface area (Å²) in [6.45, 7) is 6.51. The van der Waals surface area contributed by atoms with E-state index in [-0.39, 0.29) is 18.5 Å². The lowest BCUT2D eigenvalue weighted by Crippen LogP contribution is -2.36. The maximum atomic E-state index is 6.03. The highest BCUT2D eigenvalue weighted by Crippen LogP contribution is 2.27. The van der Waals surface area contributed by atoms with E-state index in [1.54, 1.807) is 0 Å². The fourth-order valence-electron chi connectivity index (χ4n) is 2.81. The molecule has 2 nitrogen and oxygen atoms in total. The molecule has 2 atom stereocenters. The second-order valence-electron chi connectivity index (χ2n) is 6.05. The van der Waals surface area contributed by atoms with Crippen molar-refractivity contribution in [2.75, 3.05) is 0 Å². The van der Waals surface area contributed by atoms with Crippen LogP contribution in [0.3, 0.4) is 0 Å². The second kappa shape index (κ2) is 8.35. The van der Waals surface area contributed by atoms with Crippen LogP contribution in [0.4, 0.5) is 0 Å². The van der Waals surface area contributed by atoms with Gasteiger partial charge in [0, 0.05) is 0 Å². The van der Waals surface area contributed by atoms with Gasteiger partial charge < -0.3 is 9.47 Å². The van der Waals surface area contributed by atoms with E-state index >= 15 is 0 Å². The summed E-state index contributed by atoms with van der Waals surface area (Å²) < 4.78 is 12.1. The molecule has 0 N–H and O–H groups in total. The van der Waals surface area contributed by atoms with E-state index < -0.39 is 0 Å². The first-order valence-corrected chi connectivity index (χ1v) is 8.25. The molecule has 1 heterocycles. The molecule has 1 aliphatic heterocycles. The molecule has 116 valence electrons. The van der Waals surface area contributed by atoms with E-state index in [0.29, 0.717) is 0 Å². The standard InChI is InChI=1S/C19H28O2/c1-4-5-7-12-18(14-17-10-8-6-9-11-17)19-20-15(2)13-16(3)21-19/h6,8-11,14-16,19H,4-5,7,12-13H2,1-3H3/b18-14+. The Labute approximate surface area is 129 Å². The van der Waals surface area contributed by atoms with Gasteiger partial charge in [-0.15, -0.1) is 0 Å². The van der Waals surface area contributed by atoms with Gasteiger partial charge in [-0.25, -0.2) is 0 Å². The Morgan fingerprint density at radius 3 is 2.38 bits per heavy atom. The molecule has 0 aliphatic carbocycles. The summed E-state index contributed by atoms with van der Waals surface area (Å²) in [5.41, 5.74) is 2.50. The van der Waals surface area contributed by atoms with Crippen LogP contribution in [0, 0.1) is 0 Å². The average molecular weight is 288 g/mol. The van der Waals surface area contributed by atoms with Gasteiger partial charge in [-0.1, -0.05) is 56.2 Å². The lowest BCUT2D eigenvalue weighted by Gasteiger charge is -2.34. The lowest BCUT2D eigenvalue weighted by atomic mass is 10.0. The van der Waals surface area contributed by atoms with Crippen molar-refractivity contribution in [1.29, 1.82) is 0 Å². The van der Waals surface area contributed by atoms with Gasteiger partial charge >= 0.3 is 0 Å². The third-order valence-electron chi connectivity index (χ3n) is 3.90. The molecule has 2 unspecified atom stereocenters. The van der Waals surface area contributed by atoms with Gasteiger partial charge in [0.25, 0.3) is 0 Å². The normalized spacial score (nSPS) is 26.8. The molecule has 1 aromatic rings. The SMILES string of the molecule is CCCCC/C(=C\c1ccccc1)C1OC(C)CC(C)O1. The molecule has 21 heavy (non-hydrogen) atoms. The number of unbranched alkanes of at least 4 members (excludes halogenated alkanes) is 2. The predicted molar refractivity (Wildman–Crippen MR) is 88.1 cm³/mol. The molecule has 0 bridgehead atoms. The second-order valence-corrected chi connectivity index (χ2v) is 6.05. The van der Waals surface area contributed by atoms with Crippen molar-refractivity contribution in [3.05, 3.63) is 41.5 Å². The van der Waals surface area contributed by atoms with Crippen molar-refractivity contribution in [2.24, 2.45) is 0 Å². The fraction of sp³-hybridized carbons (Fsp3) is 0.579. The molecule has 1 saturated heterocycles. The van der Waals surface area contributed by atoms with Crippen LogP contribution >= 0.6 is 0 Å². The largest absolute Gasteiger partial charge is 0.346 e. The summed E-state index contributed by atoms with van der Waals surface area (Å²) in [7, 11) is 0. The Bertz CT molecular complexity index is 428. The zero-order valence-electron chi connectivity index (χ0n) is 13.5. The van der Waals surface area contributed by atoms with Gasteiger partial charge in [-0.3, -0.25) is 0 Å². The Hall–Kier alpha value is -1.12. The van der Waals surface area contributed by atoms with Crippen molar-refractivity contribution in [1.82, 2.24) is 0 Å². The third kappa shape index (κ3) is 5.29. The van der Waals surface area contributed by atoms with Crippen LogP contribution in [-0.4, -0.2) is 18.5 Å². The van der Waals surface area contributed by atoms with Gasteiger partial charge in [-0.05, 0) is 44.2 Å². The summed E-state index contributed by atoms with van der Waals surface area (Å²) in [4.78, 5) is 0. The Morgan fingerprint density at radius 2 is 1.76 bits per heavy atom. The predicted octanol–water partition coefficient (Wildman–Crippen LogP) is 5.19. The zero-order chi connectivity index (χ0) is 15.1. The van der Waals surface area contributed by atoms with E-state index in [2.05, 4.69) is 51.1 Å². The van der Waals surface area contributed by atoms with Crippen molar-refractivity contribution in [3.63, 3.8) is 0 Å². The van der Waals surface area contributed by atoms with E-state index in [4.69, 9.17) is 9.47 Å². The minimum Gasteiger partial charge on any atom is -0.346 e. The molecule has 0 aromatic heterocycles. The molecule has 0 radical (unpaired) electrons. The summed E-state index contributed by atoms with van der Waals surface area (Å²) in [6, 6.07) is 10.5. The maximum Gasteiger partial charge on any atom is 0.180 e. The molecular formula is C19H28O2. The molecule has 2 rings (SSSR count). The van der Waals surface area contributed by atoms with Gasteiger partial charge in [-0.2, -0.15) is 0 Å². The number of benzene rings is 1. The number of rotatable bonds is 6. The topological polar surface area (TPSA) is 18.5 Å². The van der Waals surface area contributed by atoms with E-state index in [1.807, 2.05) is 6.07 Å². The van der Waals surface area contributed by atoms with Crippen LogP contribution < -0.4 is 0 Å². The average Bonchev–Trinajstić information content (AvgIpc) is 2.46. The van der Waals surface area contributed by atoms with Crippen molar-refractivity contribution >= 4 is 6.08 Å². The van der Waals surface area contributed by atoms with Crippen LogP contribution in [0.2, 0.25) is 0 Å². The highest BCUT2D eigenvalue weighted by atomic mass is 16.7. The smallest absolute Gasteiger partial charge is 0.180 e. The lowest BCUT2D eigenvalue weighted by molar-refractivity contribution is -0.215. The summed E-state index contributed by atoms with van der Waals surface area (Å²) in [5.74, 6) is 0. The first-order chi connectivity index (χ1) is 10.2. The van der Waals surface area contributed by atoms with Gasteiger partial charge in [0.05, 0.1) is 12.2 Å². The number of hydrogen-bond donors (Lipinski definition) is 0. The third-order valence-corrected chi connectivity index (χ3v) is 3.90. The Balaban J connectivity index is 2.13. The van der Waals surface area contributed by atoms with E-state index in [9.17, 15) is 0 Å². The van der Waals surface area contributed by atoms with E-state index in [1.165, 1.54) is 30.4 Å². The zero-order valence-corrected chi connectivity index (χ0v) is 13.5. The molecule has 0 amide bonds. The summed E-state index contributed by atoms with van der Waals surface area (Å²) >= 11 is 0. The minimum absolute atomic E-state index is 0.180. The monoisotopic (exact) mass is 288 g/mol. The van der Waals surface area contributed by atoms with Crippen molar-refractivity contribution in [2.45, 2.75) is 71.4 Å². The first kappa shape index (κ1) is 16.3. The Morgan fingerprint density at radius 1 is 1.10 bits per heavy atom. The van der Waals surface area contributed by atoms with Crippen LogP contribution in [-0.2, 0) is 9.47 Å². The van der Waals surface area contributed by atoms with Crippen molar-refractivity contribution < 1.29 is 9.47 Å². The summed E-state index contributed by atoms with van der Waals surface area (Å²) in [6.07, 6.45) is 8.30. The first-order valence-electron chi connectivity index (χ1n) is 8.25. The van der Waals surface area contributed by atoms with Crippen LogP contribution in [0.25, 0.3) is 6.08 Å². The molecule has 1 fully saturated rings. The molecule has 1 aromatic carbocycles. The molecular weight excluding hydrogens is 260 g/mol. The van der Waals surface area contributed by atoms with Crippen LogP contribution in [0.1, 0.15) is 58.4 Å². The van der Waals surface area contributed by atoms with Crippen LogP contribution in [0.5, 0.6) is 0 Å². The maximum absolute atomic E-state index is 6.03. The van der Waals surface area contributed by atoms with Crippen molar-refractivity contribution in [3.8, 4) is 0 Å². The number of ether oxygens (including phenoxy) is 2. The highest BCUT2D eigenvalue weighted by Gasteiger charge is 2.27. The quantitative estimate of drug-likeness (QED) is 0.671. The Kier molecular flexibility index (Phi) is 6.47. The number of hydrogen-bond acceptors (Lipinski definition) is 2. The molecule has 0 spiro atoms. The van der Waals surface area contributed by atoms with Gasteiger partial charge in [0.2, 0.25) is 0 Å². The van der Waals surface area contributed by atoms with Gasteiger partial charge in [0.1, 0.15) is 0 Å². The molecule has 0 saturated carbocycles. The molecule has 1 aliphatic rings. The van der Waals surface area contributed by atoms with E-state index in [0.717, 1.165) is 12.8 Å². The summed E-state index contributed by atoms with van der Waals surface area (Å²) in [5, 5.41) is 0. The molecule has 2 heteroatoms. The minimum atomic E-state index is -0.180. The van der Waals surface area contributed by atoms with Crippen LogP contribution in [0.15, 0.2) is 35.9 Å². The van der Waals surface area contributed by atoms with Gasteiger partial charge in [0.15, 0.2) is 6.29 Å².